The van der Waals surface area contributed by atoms with E-state index in [2.05, 4.69) is 15.0 Å². The van der Waals surface area contributed by atoms with Crippen molar-refractivity contribution in [2.75, 3.05) is 6.61 Å². The van der Waals surface area contributed by atoms with Crippen molar-refractivity contribution in [3.05, 3.63) is 36.4 Å². The molecular weight excluding hydrogens is 202 g/mol. The molecule has 16 heavy (non-hydrogen) atoms. The SMILES string of the molecule is CCOc1cncc(-c2ccc(C)nc2)n1. The van der Waals surface area contributed by atoms with Gasteiger partial charge in [0.1, 0.15) is 0 Å². The second-order valence-electron chi connectivity index (χ2n) is 3.36. The zero-order valence-corrected chi connectivity index (χ0v) is 9.34. The van der Waals surface area contributed by atoms with Crippen LogP contribution in [0.1, 0.15) is 12.6 Å². The molecule has 0 unspecified atom stereocenters. The summed E-state index contributed by atoms with van der Waals surface area (Å²) in [7, 11) is 0. The molecule has 2 heterocycles. The van der Waals surface area contributed by atoms with Crippen molar-refractivity contribution in [3.63, 3.8) is 0 Å². The van der Waals surface area contributed by atoms with Gasteiger partial charge in [-0.05, 0) is 26.0 Å². The fourth-order valence-corrected chi connectivity index (χ4v) is 1.32. The summed E-state index contributed by atoms with van der Waals surface area (Å²) >= 11 is 0. The van der Waals surface area contributed by atoms with Crippen LogP contribution < -0.4 is 4.74 Å². The van der Waals surface area contributed by atoms with Gasteiger partial charge in [-0.2, -0.15) is 0 Å². The Hall–Kier alpha value is -1.97. The molecule has 0 aliphatic rings. The van der Waals surface area contributed by atoms with Crippen LogP contribution in [0.15, 0.2) is 30.7 Å². The highest BCUT2D eigenvalue weighted by molar-refractivity contribution is 5.57. The Kier molecular flexibility index (Phi) is 3.10. The Morgan fingerprint density at radius 1 is 1.19 bits per heavy atom. The molecule has 0 atom stereocenters. The lowest BCUT2D eigenvalue weighted by molar-refractivity contribution is 0.325. The summed E-state index contributed by atoms with van der Waals surface area (Å²) in [5.74, 6) is 0.542. The highest BCUT2D eigenvalue weighted by atomic mass is 16.5. The minimum absolute atomic E-state index is 0.542. The smallest absolute Gasteiger partial charge is 0.232 e. The highest BCUT2D eigenvalue weighted by Gasteiger charge is 2.02. The van der Waals surface area contributed by atoms with E-state index in [0.29, 0.717) is 12.5 Å². The third kappa shape index (κ3) is 2.34. The van der Waals surface area contributed by atoms with Crippen molar-refractivity contribution >= 4 is 0 Å². The number of hydrogen-bond donors (Lipinski definition) is 0. The lowest BCUT2D eigenvalue weighted by Gasteiger charge is -2.04. The van der Waals surface area contributed by atoms with Gasteiger partial charge in [0.15, 0.2) is 0 Å². The molecule has 0 bridgehead atoms. The van der Waals surface area contributed by atoms with E-state index in [1.807, 2.05) is 26.0 Å². The molecule has 0 aliphatic carbocycles. The zero-order valence-electron chi connectivity index (χ0n) is 9.34. The second kappa shape index (κ2) is 4.70. The summed E-state index contributed by atoms with van der Waals surface area (Å²) in [6.45, 7) is 4.46. The average molecular weight is 215 g/mol. The van der Waals surface area contributed by atoms with Gasteiger partial charge >= 0.3 is 0 Å². The van der Waals surface area contributed by atoms with Crippen LogP contribution in [0.25, 0.3) is 11.3 Å². The maximum Gasteiger partial charge on any atom is 0.232 e. The van der Waals surface area contributed by atoms with Crippen LogP contribution in [0.2, 0.25) is 0 Å². The van der Waals surface area contributed by atoms with Gasteiger partial charge in [0, 0.05) is 17.5 Å². The average Bonchev–Trinajstić information content (AvgIpc) is 2.31. The standard InChI is InChI=1S/C12H13N3O/c1-3-16-12-8-13-7-11(15-12)10-5-4-9(2)14-6-10/h4-8H,3H2,1-2H3. The Balaban J connectivity index is 2.32. The Labute approximate surface area is 94.4 Å². The van der Waals surface area contributed by atoms with E-state index in [4.69, 9.17) is 4.74 Å². The van der Waals surface area contributed by atoms with Gasteiger partial charge in [0.2, 0.25) is 5.88 Å². The molecule has 0 spiro atoms. The number of nitrogens with zero attached hydrogens (tertiary/aromatic N) is 3. The monoisotopic (exact) mass is 215 g/mol. The zero-order chi connectivity index (χ0) is 11.4. The summed E-state index contributed by atoms with van der Waals surface area (Å²) < 4.78 is 5.30. The second-order valence-corrected chi connectivity index (χ2v) is 3.36. The minimum atomic E-state index is 0.542. The van der Waals surface area contributed by atoms with Crippen LogP contribution >= 0.6 is 0 Å². The van der Waals surface area contributed by atoms with Gasteiger partial charge < -0.3 is 4.74 Å². The molecule has 4 heteroatoms. The minimum Gasteiger partial charge on any atom is -0.477 e. The first-order valence-corrected chi connectivity index (χ1v) is 5.17. The Morgan fingerprint density at radius 2 is 2.06 bits per heavy atom. The number of pyridine rings is 1. The summed E-state index contributed by atoms with van der Waals surface area (Å²) in [5.41, 5.74) is 2.70. The van der Waals surface area contributed by atoms with E-state index >= 15 is 0 Å². The van der Waals surface area contributed by atoms with Gasteiger partial charge in [-0.25, -0.2) is 4.98 Å². The molecule has 0 amide bonds. The fourth-order valence-electron chi connectivity index (χ4n) is 1.32. The van der Waals surface area contributed by atoms with Gasteiger partial charge in [-0.3, -0.25) is 9.97 Å². The topological polar surface area (TPSA) is 47.9 Å². The van der Waals surface area contributed by atoms with Crippen molar-refractivity contribution in [2.45, 2.75) is 13.8 Å². The number of aromatic nitrogens is 3. The predicted octanol–water partition coefficient (Wildman–Crippen LogP) is 2.25. The molecule has 2 aromatic rings. The van der Waals surface area contributed by atoms with Crippen molar-refractivity contribution in [3.8, 4) is 17.1 Å². The molecule has 82 valence electrons. The van der Waals surface area contributed by atoms with Gasteiger partial charge in [0.05, 0.1) is 24.7 Å². The lowest BCUT2D eigenvalue weighted by Crippen LogP contribution is -1.96. The fraction of sp³-hybridized carbons (Fsp3) is 0.250. The van der Waals surface area contributed by atoms with Crippen molar-refractivity contribution in [1.82, 2.24) is 15.0 Å². The summed E-state index contributed by atoms with van der Waals surface area (Å²) in [6, 6.07) is 3.92. The van der Waals surface area contributed by atoms with E-state index in [1.54, 1.807) is 18.6 Å². The van der Waals surface area contributed by atoms with E-state index in [0.717, 1.165) is 17.0 Å². The number of ether oxygens (including phenoxy) is 1. The largest absolute Gasteiger partial charge is 0.477 e. The molecule has 2 aromatic heterocycles. The first-order valence-electron chi connectivity index (χ1n) is 5.17. The van der Waals surface area contributed by atoms with Crippen molar-refractivity contribution < 1.29 is 4.74 Å². The molecule has 2 rings (SSSR count). The van der Waals surface area contributed by atoms with Crippen LogP contribution in [0.5, 0.6) is 5.88 Å². The van der Waals surface area contributed by atoms with E-state index in [9.17, 15) is 0 Å². The number of hydrogen-bond acceptors (Lipinski definition) is 4. The molecule has 0 aromatic carbocycles. The normalized spacial score (nSPS) is 10.1. The molecule has 0 fully saturated rings. The van der Waals surface area contributed by atoms with Crippen molar-refractivity contribution in [2.24, 2.45) is 0 Å². The molecule has 0 saturated carbocycles. The Morgan fingerprint density at radius 3 is 2.75 bits per heavy atom. The van der Waals surface area contributed by atoms with Crippen LogP contribution in [0, 0.1) is 6.92 Å². The number of rotatable bonds is 3. The molecular formula is C12H13N3O. The third-order valence-corrected chi connectivity index (χ3v) is 2.11. The van der Waals surface area contributed by atoms with Gasteiger partial charge in [-0.15, -0.1) is 0 Å². The van der Waals surface area contributed by atoms with Crippen LogP contribution in [-0.2, 0) is 0 Å². The summed E-state index contributed by atoms with van der Waals surface area (Å²) in [4.78, 5) is 12.6. The maximum atomic E-state index is 5.30. The molecule has 4 nitrogen and oxygen atoms in total. The third-order valence-electron chi connectivity index (χ3n) is 2.11. The first-order chi connectivity index (χ1) is 7.79. The summed E-state index contributed by atoms with van der Waals surface area (Å²) in [5, 5.41) is 0. The van der Waals surface area contributed by atoms with Crippen LogP contribution in [0.4, 0.5) is 0 Å². The lowest BCUT2D eigenvalue weighted by atomic mass is 10.2. The number of aryl methyl sites for hydroxylation is 1. The predicted molar refractivity (Wildman–Crippen MR) is 61.2 cm³/mol. The molecule has 0 saturated heterocycles. The maximum absolute atomic E-state index is 5.30. The van der Waals surface area contributed by atoms with Crippen LogP contribution in [0.3, 0.4) is 0 Å². The highest BCUT2D eigenvalue weighted by Crippen LogP contribution is 2.17. The quantitative estimate of drug-likeness (QED) is 0.787. The van der Waals surface area contributed by atoms with E-state index in [1.165, 1.54) is 0 Å². The van der Waals surface area contributed by atoms with Gasteiger partial charge in [-0.1, -0.05) is 0 Å². The van der Waals surface area contributed by atoms with E-state index in [-0.39, 0.29) is 0 Å². The summed E-state index contributed by atoms with van der Waals surface area (Å²) in [6.07, 6.45) is 5.10. The molecule has 0 radical (unpaired) electrons. The van der Waals surface area contributed by atoms with Crippen molar-refractivity contribution in [1.29, 1.82) is 0 Å². The first kappa shape index (κ1) is 10.5. The molecule has 0 N–H and O–H groups in total. The molecule has 0 aliphatic heterocycles. The van der Waals surface area contributed by atoms with Crippen LogP contribution in [-0.4, -0.2) is 21.6 Å². The van der Waals surface area contributed by atoms with Gasteiger partial charge in [0.25, 0.3) is 0 Å². The van der Waals surface area contributed by atoms with E-state index < -0.39 is 0 Å². The Bertz CT molecular complexity index is 468.